The molecule has 0 spiro atoms. The van der Waals surface area contributed by atoms with Gasteiger partial charge in [0.1, 0.15) is 5.60 Å². The Kier molecular flexibility index (Phi) is 4.48. The number of fused-ring (bicyclic) bond motifs is 1. The summed E-state index contributed by atoms with van der Waals surface area (Å²) in [5, 5.41) is 16.4. The highest BCUT2D eigenvalue weighted by atomic mass is 16.3. The average molecular weight is 345 g/mol. The predicted octanol–water partition coefficient (Wildman–Crippen LogP) is 3.80. The fraction of sp³-hybridized carbons (Fsp3) is 0.261. The summed E-state index contributed by atoms with van der Waals surface area (Å²) in [4.78, 5) is 12.6. The first-order valence-electron chi connectivity index (χ1n) is 9.18. The molecule has 0 heterocycles. The Labute approximate surface area is 153 Å². The van der Waals surface area contributed by atoms with Gasteiger partial charge in [-0.25, -0.2) is 0 Å². The molecule has 4 rings (SSSR count). The maximum Gasteiger partial charge on any atom is 0.224 e. The number of amides is 1. The monoisotopic (exact) mass is 345 g/mol. The smallest absolute Gasteiger partial charge is 0.224 e. The fourth-order valence-electron chi connectivity index (χ4n) is 3.69. The summed E-state index contributed by atoms with van der Waals surface area (Å²) in [7, 11) is 0. The van der Waals surface area contributed by atoms with Gasteiger partial charge < -0.3 is 10.4 Å². The summed E-state index contributed by atoms with van der Waals surface area (Å²) >= 11 is 0. The van der Waals surface area contributed by atoms with Crippen molar-refractivity contribution in [1.29, 1.82) is 0 Å². The number of benzene rings is 3. The second-order valence-corrected chi connectivity index (χ2v) is 7.16. The lowest BCUT2D eigenvalue weighted by atomic mass is 9.88. The topological polar surface area (TPSA) is 49.3 Å². The van der Waals surface area contributed by atoms with Crippen LogP contribution in [0.3, 0.4) is 0 Å². The molecule has 0 saturated heterocycles. The maximum atomic E-state index is 12.6. The number of rotatable bonds is 6. The highest BCUT2D eigenvalue weighted by Gasteiger charge is 2.45. The SMILES string of the molecule is O=C(Cc1cccc2ccccc12)NCC(O)(c1ccccc1)C1CC1. The number of hydrogen-bond donors (Lipinski definition) is 2. The van der Waals surface area contributed by atoms with Gasteiger partial charge in [0.25, 0.3) is 0 Å². The number of carbonyl (C=O) groups excluding carboxylic acids is 1. The standard InChI is InChI=1S/C23H23NO2/c25-22(15-18-9-6-8-17-7-4-5-12-21(17)18)24-16-23(26,20-13-14-20)19-10-2-1-3-11-19/h1-12,20,26H,13-16H2,(H,24,25). The zero-order valence-corrected chi connectivity index (χ0v) is 14.7. The third kappa shape index (κ3) is 3.35. The fourth-order valence-corrected chi connectivity index (χ4v) is 3.69. The summed E-state index contributed by atoms with van der Waals surface area (Å²) in [5.41, 5.74) is 0.915. The molecule has 3 aromatic carbocycles. The van der Waals surface area contributed by atoms with E-state index in [1.165, 1.54) is 0 Å². The lowest BCUT2D eigenvalue weighted by Crippen LogP contribution is -2.43. The van der Waals surface area contributed by atoms with Crippen molar-refractivity contribution in [2.45, 2.75) is 24.9 Å². The van der Waals surface area contributed by atoms with Crippen molar-refractivity contribution in [2.75, 3.05) is 6.54 Å². The third-order valence-electron chi connectivity index (χ3n) is 5.31. The molecule has 1 fully saturated rings. The summed E-state index contributed by atoms with van der Waals surface area (Å²) < 4.78 is 0. The second kappa shape index (κ2) is 6.93. The van der Waals surface area contributed by atoms with Gasteiger partial charge in [-0.15, -0.1) is 0 Å². The summed E-state index contributed by atoms with van der Waals surface area (Å²) in [6.07, 6.45) is 2.33. The van der Waals surface area contributed by atoms with Crippen molar-refractivity contribution in [1.82, 2.24) is 5.32 Å². The molecule has 1 aliphatic rings. The molecular weight excluding hydrogens is 322 g/mol. The van der Waals surface area contributed by atoms with Crippen LogP contribution in [0.1, 0.15) is 24.0 Å². The van der Waals surface area contributed by atoms with Crippen LogP contribution in [0.4, 0.5) is 0 Å². The number of carbonyl (C=O) groups is 1. The van der Waals surface area contributed by atoms with E-state index in [0.29, 0.717) is 6.42 Å². The number of nitrogens with one attached hydrogen (secondary N) is 1. The minimum Gasteiger partial charge on any atom is -0.383 e. The zero-order chi connectivity index (χ0) is 18.0. The van der Waals surface area contributed by atoms with E-state index in [1.807, 2.05) is 60.7 Å². The Morgan fingerprint density at radius 1 is 0.962 bits per heavy atom. The van der Waals surface area contributed by atoms with Gasteiger partial charge in [-0.1, -0.05) is 72.8 Å². The Morgan fingerprint density at radius 2 is 1.65 bits per heavy atom. The van der Waals surface area contributed by atoms with Gasteiger partial charge in [0, 0.05) is 0 Å². The minimum absolute atomic E-state index is 0.0589. The molecule has 2 N–H and O–H groups in total. The van der Waals surface area contributed by atoms with Crippen LogP contribution in [0.25, 0.3) is 10.8 Å². The van der Waals surface area contributed by atoms with Crippen LogP contribution < -0.4 is 5.32 Å². The van der Waals surface area contributed by atoms with Crippen molar-refractivity contribution in [2.24, 2.45) is 5.92 Å². The highest BCUT2D eigenvalue weighted by molar-refractivity contribution is 5.90. The third-order valence-corrected chi connectivity index (χ3v) is 5.31. The van der Waals surface area contributed by atoms with Gasteiger partial charge in [-0.2, -0.15) is 0 Å². The van der Waals surface area contributed by atoms with Crippen LogP contribution in [-0.4, -0.2) is 17.6 Å². The minimum atomic E-state index is -0.977. The largest absolute Gasteiger partial charge is 0.383 e. The molecule has 1 amide bonds. The van der Waals surface area contributed by atoms with Crippen LogP contribution in [0, 0.1) is 5.92 Å². The average Bonchev–Trinajstić information content (AvgIpc) is 3.53. The van der Waals surface area contributed by atoms with Crippen molar-refractivity contribution < 1.29 is 9.90 Å². The van der Waals surface area contributed by atoms with E-state index in [4.69, 9.17) is 0 Å². The van der Waals surface area contributed by atoms with E-state index in [9.17, 15) is 9.90 Å². The van der Waals surface area contributed by atoms with Crippen LogP contribution in [0.2, 0.25) is 0 Å². The van der Waals surface area contributed by atoms with E-state index in [2.05, 4.69) is 17.4 Å². The van der Waals surface area contributed by atoms with E-state index in [1.54, 1.807) is 0 Å². The highest BCUT2D eigenvalue weighted by Crippen LogP contribution is 2.45. The van der Waals surface area contributed by atoms with Crippen LogP contribution in [0.5, 0.6) is 0 Å². The quantitative estimate of drug-likeness (QED) is 0.714. The van der Waals surface area contributed by atoms with Crippen LogP contribution >= 0.6 is 0 Å². The molecule has 0 aromatic heterocycles. The molecule has 26 heavy (non-hydrogen) atoms. The first kappa shape index (κ1) is 16.8. The first-order chi connectivity index (χ1) is 12.7. The van der Waals surface area contributed by atoms with Gasteiger partial charge in [0.05, 0.1) is 13.0 Å². The molecule has 3 aromatic rings. The molecule has 1 atom stereocenters. The van der Waals surface area contributed by atoms with E-state index in [-0.39, 0.29) is 18.4 Å². The van der Waals surface area contributed by atoms with Crippen molar-refractivity contribution in [3.8, 4) is 0 Å². The van der Waals surface area contributed by atoms with E-state index < -0.39 is 5.60 Å². The lowest BCUT2D eigenvalue weighted by Gasteiger charge is -2.29. The number of hydrogen-bond acceptors (Lipinski definition) is 2. The lowest BCUT2D eigenvalue weighted by molar-refractivity contribution is -0.122. The first-order valence-corrected chi connectivity index (χ1v) is 9.18. The summed E-state index contributed by atoms with van der Waals surface area (Å²) in [6, 6.07) is 23.8. The Bertz CT molecular complexity index is 912. The second-order valence-electron chi connectivity index (χ2n) is 7.16. The molecule has 1 unspecified atom stereocenters. The van der Waals surface area contributed by atoms with Gasteiger partial charge in [-0.05, 0) is 40.7 Å². The predicted molar refractivity (Wildman–Crippen MR) is 104 cm³/mol. The van der Waals surface area contributed by atoms with Crippen molar-refractivity contribution in [3.63, 3.8) is 0 Å². The van der Waals surface area contributed by atoms with Gasteiger partial charge in [0.15, 0.2) is 0 Å². The summed E-state index contributed by atoms with van der Waals surface area (Å²) in [5.74, 6) is 0.166. The van der Waals surface area contributed by atoms with Crippen molar-refractivity contribution in [3.05, 3.63) is 83.9 Å². The Balaban J connectivity index is 1.48. The Morgan fingerprint density at radius 3 is 2.42 bits per heavy atom. The van der Waals surface area contributed by atoms with E-state index >= 15 is 0 Å². The maximum absolute atomic E-state index is 12.6. The van der Waals surface area contributed by atoms with Crippen LogP contribution in [-0.2, 0) is 16.8 Å². The molecule has 0 bridgehead atoms. The molecule has 132 valence electrons. The normalized spacial score (nSPS) is 16.2. The van der Waals surface area contributed by atoms with Gasteiger partial charge in [-0.3, -0.25) is 4.79 Å². The molecule has 0 radical (unpaired) electrons. The van der Waals surface area contributed by atoms with Gasteiger partial charge in [0.2, 0.25) is 5.91 Å². The molecule has 3 nitrogen and oxygen atoms in total. The van der Waals surface area contributed by atoms with E-state index in [0.717, 1.165) is 34.7 Å². The molecule has 1 saturated carbocycles. The molecular formula is C23H23NO2. The van der Waals surface area contributed by atoms with Gasteiger partial charge >= 0.3 is 0 Å². The molecule has 1 aliphatic carbocycles. The zero-order valence-electron chi connectivity index (χ0n) is 14.7. The molecule has 3 heteroatoms. The summed E-state index contributed by atoms with van der Waals surface area (Å²) in [6.45, 7) is 0.255. The molecule has 0 aliphatic heterocycles. The Hall–Kier alpha value is -2.65. The van der Waals surface area contributed by atoms with Crippen molar-refractivity contribution >= 4 is 16.7 Å². The number of aliphatic hydroxyl groups is 1. The van der Waals surface area contributed by atoms with Crippen LogP contribution in [0.15, 0.2) is 72.8 Å².